The molecule has 2 rings (SSSR count). The van der Waals surface area contributed by atoms with Gasteiger partial charge < -0.3 is 10.6 Å². The van der Waals surface area contributed by atoms with Crippen LogP contribution in [-0.2, 0) is 17.8 Å². The number of fused-ring (bicyclic) bond motifs is 1. The largest absolute Gasteiger partial charge is 0.338 e. The highest BCUT2D eigenvalue weighted by Gasteiger charge is 2.22. The van der Waals surface area contributed by atoms with E-state index in [0.717, 1.165) is 31.5 Å². The molecule has 0 aliphatic carbocycles. The highest BCUT2D eigenvalue weighted by Crippen LogP contribution is 2.17. The molecule has 1 aliphatic heterocycles. The van der Waals surface area contributed by atoms with E-state index < -0.39 is 0 Å². The molecule has 1 aliphatic rings. The number of amides is 1. The van der Waals surface area contributed by atoms with E-state index >= 15 is 0 Å². The molecule has 4 heteroatoms. The van der Waals surface area contributed by atoms with E-state index in [1.165, 1.54) is 5.56 Å². The van der Waals surface area contributed by atoms with Crippen LogP contribution in [0.2, 0.25) is 0 Å². The van der Waals surface area contributed by atoms with E-state index in [9.17, 15) is 4.79 Å². The number of hydrogen-bond donors (Lipinski definition) is 1. The van der Waals surface area contributed by atoms with Crippen molar-refractivity contribution in [2.75, 3.05) is 6.54 Å². The molecule has 98 valence electrons. The monoisotopic (exact) mass is 247 g/mol. The molecule has 2 heterocycles. The van der Waals surface area contributed by atoms with Crippen LogP contribution in [0.4, 0.5) is 0 Å². The van der Waals surface area contributed by atoms with Crippen molar-refractivity contribution >= 4 is 5.91 Å². The van der Waals surface area contributed by atoms with Crippen molar-refractivity contribution in [1.82, 2.24) is 9.88 Å². The third kappa shape index (κ3) is 3.07. The maximum atomic E-state index is 12.1. The Balaban J connectivity index is 1.94. The van der Waals surface area contributed by atoms with Crippen LogP contribution in [0.25, 0.3) is 0 Å². The highest BCUT2D eigenvalue weighted by atomic mass is 16.2. The van der Waals surface area contributed by atoms with Crippen LogP contribution in [-0.4, -0.2) is 28.4 Å². The van der Waals surface area contributed by atoms with Gasteiger partial charge in [0, 0.05) is 43.9 Å². The highest BCUT2D eigenvalue weighted by molar-refractivity contribution is 5.77. The molecule has 1 unspecified atom stereocenters. The Kier molecular flexibility index (Phi) is 4.31. The lowest BCUT2D eigenvalue weighted by molar-refractivity contribution is -0.132. The van der Waals surface area contributed by atoms with Crippen LogP contribution in [0.3, 0.4) is 0 Å². The quantitative estimate of drug-likeness (QED) is 0.876. The van der Waals surface area contributed by atoms with E-state index in [4.69, 9.17) is 5.73 Å². The standard InChI is InChI=1S/C14H21N3O/c1-2-4-12(15)9-14(18)17-8-6-13-11(10-17)5-3-7-16-13/h3,5,7,12H,2,4,6,8-10,15H2,1H3. The normalized spacial score (nSPS) is 16.2. The molecule has 0 radical (unpaired) electrons. The zero-order chi connectivity index (χ0) is 13.0. The van der Waals surface area contributed by atoms with Crippen molar-refractivity contribution in [3.8, 4) is 0 Å². The molecule has 18 heavy (non-hydrogen) atoms. The van der Waals surface area contributed by atoms with Crippen LogP contribution >= 0.6 is 0 Å². The number of nitrogens with two attached hydrogens (primary N) is 1. The third-order valence-corrected chi connectivity index (χ3v) is 3.41. The van der Waals surface area contributed by atoms with Gasteiger partial charge >= 0.3 is 0 Å². The van der Waals surface area contributed by atoms with Gasteiger partial charge in [-0.2, -0.15) is 0 Å². The summed E-state index contributed by atoms with van der Waals surface area (Å²) in [6.45, 7) is 3.54. The van der Waals surface area contributed by atoms with Crippen molar-refractivity contribution < 1.29 is 4.79 Å². The van der Waals surface area contributed by atoms with E-state index in [1.807, 2.05) is 23.2 Å². The molecule has 0 fully saturated rings. The van der Waals surface area contributed by atoms with Gasteiger partial charge in [0.05, 0.1) is 0 Å². The van der Waals surface area contributed by atoms with Crippen molar-refractivity contribution in [3.63, 3.8) is 0 Å². The number of nitrogens with zero attached hydrogens (tertiary/aromatic N) is 2. The summed E-state index contributed by atoms with van der Waals surface area (Å²) in [5, 5.41) is 0. The fraction of sp³-hybridized carbons (Fsp3) is 0.571. The lowest BCUT2D eigenvalue weighted by Gasteiger charge is -2.29. The Morgan fingerprint density at radius 3 is 3.22 bits per heavy atom. The summed E-state index contributed by atoms with van der Waals surface area (Å²) in [7, 11) is 0. The van der Waals surface area contributed by atoms with Crippen molar-refractivity contribution in [2.24, 2.45) is 5.73 Å². The molecule has 1 aromatic heterocycles. The maximum Gasteiger partial charge on any atom is 0.224 e. The molecule has 0 saturated heterocycles. The molecule has 0 saturated carbocycles. The first-order valence-corrected chi connectivity index (χ1v) is 6.66. The third-order valence-electron chi connectivity index (χ3n) is 3.41. The average molecular weight is 247 g/mol. The van der Waals surface area contributed by atoms with Gasteiger partial charge in [-0.05, 0) is 18.1 Å². The average Bonchev–Trinajstić information content (AvgIpc) is 2.38. The molecule has 4 nitrogen and oxygen atoms in total. The van der Waals surface area contributed by atoms with Gasteiger partial charge in [-0.25, -0.2) is 0 Å². The van der Waals surface area contributed by atoms with Crippen LogP contribution in [0.5, 0.6) is 0 Å². The summed E-state index contributed by atoms with van der Waals surface area (Å²) in [6.07, 6.45) is 5.07. The minimum absolute atomic E-state index is 0.00204. The second-order valence-corrected chi connectivity index (χ2v) is 4.93. The number of hydrogen-bond acceptors (Lipinski definition) is 3. The molecular weight excluding hydrogens is 226 g/mol. The zero-order valence-electron chi connectivity index (χ0n) is 10.9. The Bertz CT molecular complexity index is 419. The van der Waals surface area contributed by atoms with Gasteiger partial charge in [0.15, 0.2) is 0 Å². The first-order valence-electron chi connectivity index (χ1n) is 6.66. The predicted molar refractivity (Wildman–Crippen MR) is 70.9 cm³/mol. The topological polar surface area (TPSA) is 59.2 Å². The zero-order valence-corrected chi connectivity index (χ0v) is 10.9. The summed E-state index contributed by atoms with van der Waals surface area (Å²) >= 11 is 0. The Hall–Kier alpha value is -1.42. The van der Waals surface area contributed by atoms with Crippen molar-refractivity contribution in [1.29, 1.82) is 0 Å². The van der Waals surface area contributed by atoms with Crippen molar-refractivity contribution in [3.05, 3.63) is 29.6 Å². The lowest BCUT2D eigenvalue weighted by Crippen LogP contribution is -2.39. The molecular formula is C14H21N3O. The summed E-state index contributed by atoms with van der Waals surface area (Å²) in [5.74, 6) is 0.172. The number of carbonyl (C=O) groups excluding carboxylic acids is 1. The molecule has 0 bridgehead atoms. The van der Waals surface area contributed by atoms with Crippen LogP contribution < -0.4 is 5.73 Å². The van der Waals surface area contributed by atoms with E-state index in [0.29, 0.717) is 13.0 Å². The Morgan fingerprint density at radius 2 is 2.44 bits per heavy atom. The fourth-order valence-electron chi connectivity index (χ4n) is 2.41. The number of aromatic nitrogens is 1. The first kappa shape index (κ1) is 13.0. The van der Waals surface area contributed by atoms with Gasteiger partial charge in [-0.1, -0.05) is 19.4 Å². The van der Waals surface area contributed by atoms with E-state index in [1.54, 1.807) is 0 Å². The van der Waals surface area contributed by atoms with Crippen LogP contribution in [0, 0.1) is 0 Å². The Labute approximate surface area is 108 Å². The minimum Gasteiger partial charge on any atom is -0.338 e. The molecule has 1 amide bonds. The van der Waals surface area contributed by atoms with E-state index in [2.05, 4.69) is 11.9 Å². The molecule has 0 spiro atoms. The number of pyridine rings is 1. The fourth-order valence-corrected chi connectivity index (χ4v) is 2.41. The minimum atomic E-state index is -0.00204. The summed E-state index contributed by atoms with van der Waals surface area (Å²) < 4.78 is 0. The second kappa shape index (κ2) is 5.96. The number of rotatable bonds is 4. The smallest absolute Gasteiger partial charge is 0.224 e. The van der Waals surface area contributed by atoms with Gasteiger partial charge in [0.25, 0.3) is 0 Å². The molecule has 2 N–H and O–H groups in total. The van der Waals surface area contributed by atoms with Gasteiger partial charge in [-0.15, -0.1) is 0 Å². The van der Waals surface area contributed by atoms with Gasteiger partial charge in [0.1, 0.15) is 0 Å². The van der Waals surface area contributed by atoms with Gasteiger partial charge in [-0.3, -0.25) is 9.78 Å². The SMILES string of the molecule is CCCC(N)CC(=O)N1CCc2ncccc2C1. The maximum absolute atomic E-state index is 12.1. The Morgan fingerprint density at radius 1 is 1.61 bits per heavy atom. The first-order chi connectivity index (χ1) is 8.70. The number of carbonyl (C=O) groups is 1. The van der Waals surface area contributed by atoms with Crippen molar-refractivity contribution in [2.45, 2.75) is 45.2 Å². The van der Waals surface area contributed by atoms with Gasteiger partial charge in [0.2, 0.25) is 5.91 Å². The van der Waals surface area contributed by atoms with Crippen LogP contribution in [0.15, 0.2) is 18.3 Å². The lowest BCUT2D eigenvalue weighted by atomic mass is 10.0. The summed E-state index contributed by atoms with van der Waals surface area (Å²) in [5.41, 5.74) is 8.22. The summed E-state index contributed by atoms with van der Waals surface area (Å²) in [4.78, 5) is 18.4. The molecule has 1 atom stereocenters. The summed E-state index contributed by atoms with van der Waals surface area (Å²) in [6, 6.07) is 3.97. The van der Waals surface area contributed by atoms with E-state index in [-0.39, 0.29) is 11.9 Å². The molecule has 1 aromatic rings. The van der Waals surface area contributed by atoms with Crippen LogP contribution in [0.1, 0.15) is 37.4 Å². The molecule has 0 aromatic carbocycles. The second-order valence-electron chi connectivity index (χ2n) is 4.93. The predicted octanol–water partition coefficient (Wildman–Crippen LogP) is 1.48.